The molecule has 2 fully saturated rings. The Labute approximate surface area is 209 Å². The fourth-order valence-electron chi connectivity index (χ4n) is 5.50. The van der Waals surface area contributed by atoms with Crippen LogP contribution in [0.4, 0.5) is 0 Å². The SMILES string of the molecule is C=CC(=O)OC1CCC(C(=O)OC2CCC(c3ccc(-c4ccc(CCC)cc4)cc3)CC2)CC1. The number of hydrogen-bond donors (Lipinski definition) is 0. The zero-order valence-corrected chi connectivity index (χ0v) is 20.9. The van der Waals surface area contributed by atoms with Crippen molar-refractivity contribution in [2.24, 2.45) is 5.92 Å². The predicted octanol–water partition coefficient (Wildman–Crippen LogP) is 7.16. The number of esters is 2. The minimum absolute atomic E-state index is 0.0241. The number of carbonyl (C=O) groups is 2. The molecule has 0 saturated heterocycles. The molecule has 0 N–H and O–H groups in total. The van der Waals surface area contributed by atoms with E-state index in [1.165, 1.54) is 34.8 Å². The molecule has 0 amide bonds. The standard InChI is InChI=1S/C31H38O4/c1-3-5-22-6-8-23(9-7-22)24-10-12-25(13-11-24)26-14-18-29(19-15-26)35-31(33)27-16-20-28(21-17-27)34-30(32)4-2/h4,6-13,26-29H,2-3,5,14-21H2,1H3. The van der Waals surface area contributed by atoms with E-state index in [0.717, 1.165) is 44.9 Å². The molecule has 0 aliphatic heterocycles. The van der Waals surface area contributed by atoms with E-state index in [1.54, 1.807) is 0 Å². The average Bonchev–Trinajstić information content (AvgIpc) is 2.90. The van der Waals surface area contributed by atoms with Crippen molar-refractivity contribution in [3.8, 4) is 11.1 Å². The van der Waals surface area contributed by atoms with Gasteiger partial charge in [-0.3, -0.25) is 4.79 Å². The maximum Gasteiger partial charge on any atom is 0.330 e. The van der Waals surface area contributed by atoms with Crippen LogP contribution < -0.4 is 0 Å². The highest BCUT2D eigenvalue weighted by atomic mass is 16.5. The molecule has 2 aromatic rings. The van der Waals surface area contributed by atoms with Gasteiger partial charge in [0.1, 0.15) is 12.2 Å². The third-order valence-electron chi connectivity index (χ3n) is 7.62. The van der Waals surface area contributed by atoms with Crippen LogP contribution in [0.2, 0.25) is 0 Å². The average molecular weight is 475 g/mol. The summed E-state index contributed by atoms with van der Waals surface area (Å²) >= 11 is 0. The Bertz CT molecular complexity index is 976. The lowest BCUT2D eigenvalue weighted by Gasteiger charge is -2.31. The quantitative estimate of drug-likeness (QED) is 0.301. The lowest BCUT2D eigenvalue weighted by Crippen LogP contribution is -2.32. The minimum atomic E-state index is -0.386. The van der Waals surface area contributed by atoms with Crippen LogP contribution in [0.3, 0.4) is 0 Å². The van der Waals surface area contributed by atoms with Crippen LogP contribution in [0.5, 0.6) is 0 Å². The monoisotopic (exact) mass is 474 g/mol. The Morgan fingerprint density at radius 1 is 0.800 bits per heavy atom. The first-order chi connectivity index (χ1) is 17.1. The molecule has 0 atom stereocenters. The fourth-order valence-corrected chi connectivity index (χ4v) is 5.50. The first kappa shape index (κ1) is 25.2. The fraction of sp³-hybridized carbons (Fsp3) is 0.484. The first-order valence-corrected chi connectivity index (χ1v) is 13.3. The van der Waals surface area contributed by atoms with Gasteiger partial charge in [-0.05, 0) is 86.0 Å². The highest BCUT2D eigenvalue weighted by Gasteiger charge is 2.32. The lowest BCUT2D eigenvalue weighted by atomic mass is 9.82. The highest BCUT2D eigenvalue weighted by Crippen LogP contribution is 2.36. The Morgan fingerprint density at radius 3 is 1.91 bits per heavy atom. The number of aryl methyl sites for hydroxylation is 1. The van der Waals surface area contributed by atoms with E-state index in [2.05, 4.69) is 62.0 Å². The van der Waals surface area contributed by atoms with Crippen LogP contribution in [0.25, 0.3) is 11.1 Å². The smallest absolute Gasteiger partial charge is 0.330 e. The van der Waals surface area contributed by atoms with Gasteiger partial charge in [0.2, 0.25) is 0 Å². The second-order valence-corrected chi connectivity index (χ2v) is 10.1. The molecular formula is C31H38O4. The maximum absolute atomic E-state index is 12.7. The molecule has 2 aliphatic carbocycles. The van der Waals surface area contributed by atoms with Gasteiger partial charge in [-0.1, -0.05) is 68.5 Å². The molecule has 4 heteroatoms. The van der Waals surface area contributed by atoms with E-state index in [0.29, 0.717) is 18.8 Å². The van der Waals surface area contributed by atoms with Crippen LogP contribution >= 0.6 is 0 Å². The summed E-state index contributed by atoms with van der Waals surface area (Å²) in [5.74, 6) is -0.00402. The summed E-state index contributed by atoms with van der Waals surface area (Å²) in [7, 11) is 0. The van der Waals surface area contributed by atoms with Gasteiger partial charge >= 0.3 is 11.9 Å². The van der Waals surface area contributed by atoms with Crippen molar-refractivity contribution in [1.29, 1.82) is 0 Å². The summed E-state index contributed by atoms with van der Waals surface area (Å²) in [6.07, 6.45) is 10.2. The van der Waals surface area contributed by atoms with Crippen LogP contribution in [0.1, 0.15) is 81.8 Å². The van der Waals surface area contributed by atoms with Crippen molar-refractivity contribution in [2.75, 3.05) is 0 Å². The normalized spacial score (nSPS) is 24.4. The molecule has 0 spiro atoms. The molecule has 0 bridgehead atoms. The van der Waals surface area contributed by atoms with Crippen molar-refractivity contribution in [2.45, 2.75) is 89.3 Å². The van der Waals surface area contributed by atoms with Gasteiger partial charge in [-0.2, -0.15) is 0 Å². The Morgan fingerprint density at radius 2 is 1.34 bits per heavy atom. The second-order valence-electron chi connectivity index (χ2n) is 10.1. The van der Waals surface area contributed by atoms with E-state index in [-0.39, 0.29) is 30.1 Å². The minimum Gasteiger partial charge on any atom is -0.462 e. The second kappa shape index (κ2) is 12.2. The van der Waals surface area contributed by atoms with E-state index < -0.39 is 0 Å². The van der Waals surface area contributed by atoms with Crippen molar-refractivity contribution < 1.29 is 19.1 Å². The summed E-state index contributed by atoms with van der Waals surface area (Å²) in [5, 5.41) is 0. The molecule has 2 saturated carbocycles. The van der Waals surface area contributed by atoms with E-state index in [4.69, 9.17) is 9.47 Å². The molecule has 186 valence electrons. The molecule has 2 aliphatic rings. The van der Waals surface area contributed by atoms with Gasteiger partial charge in [-0.25, -0.2) is 4.79 Å². The van der Waals surface area contributed by atoms with Crippen LogP contribution in [0, 0.1) is 5.92 Å². The molecule has 2 aromatic carbocycles. The first-order valence-electron chi connectivity index (χ1n) is 13.3. The summed E-state index contributed by atoms with van der Waals surface area (Å²) in [6.45, 7) is 5.65. The van der Waals surface area contributed by atoms with Crippen molar-refractivity contribution in [1.82, 2.24) is 0 Å². The molecule has 0 aromatic heterocycles. The van der Waals surface area contributed by atoms with Gasteiger partial charge in [0.05, 0.1) is 5.92 Å². The molecule has 4 rings (SSSR count). The Hall–Kier alpha value is -2.88. The highest BCUT2D eigenvalue weighted by molar-refractivity contribution is 5.81. The van der Waals surface area contributed by atoms with E-state index in [1.807, 2.05) is 0 Å². The topological polar surface area (TPSA) is 52.6 Å². The number of ether oxygens (including phenoxy) is 2. The largest absolute Gasteiger partial charge is 0.462 e. The zero-order valence-electron chi connectivity index (χ0n) is 20.9. The maximum atomic E-state index is 12.7. The van der Waals surface area contributed by atoms with Crippen molar-refractivity contribution in [3.63, 3.8) is 0 Å². The van der Waals surface area contributed by atoms with E-state index >= 15 is 0 Å². The van der Waals surface area contributed by atoms with Gasteiger partial charge in [0, 0.05) is 6.08 Å². The van der Waals surface area contributed by atoms with E-state index in [9.17, 15) is 9.59 Å². The molecule has 35 heavy (non-hydrogen) atoms. The van der Waals surface area contributed by atoms with Gasteiger partial charge in [-0.15, -0.1) is 0 Å². The lowest BCUT2D eigenvalue weighted by molar-refractivity contribution is -0.158. The number of rotatable bonds is 8. The van der Waals surface area contributed by atoms with Gasteiger partial charge in [0.15, 0.2) is 0 Å². The molecule has 0 unspecified atom stereocenters. The predicted molar refractivity (Wildman–Crippen MR) is 139 cm³/mol. The summed E-state index contributed by atoms with van der Waals surface area (Å²) < 4.78 is 11.2. The van der Waals surface area contributed by atoms with Crippen molar-refractivity contribution >= 4 is 11.9 Å². The summed E-state index contributed by atoms with van der Waals surface area (Å²) in [6, 6.07) is 17.9. The third-order valence-corrected chi connectivity index (χ3v) is 7.62. The summed E-state index contributed by atoms with van der Waals surface area (Å²) in [5.41, 5.74) is 5.30. The molecule has 0 heterocycles. The zero-order chi connectivity index (χ0) is 24.6. The molecule has 4 nitrogen and oxygen atoms in total. The van der Waals surface area contributed by atoms with Crippen LogP contribution in [-0.2, 0) is 25.5 Å². The van der Waals surface area contributed by atoms with Crippen molar-refractivity contribution in [3.05, 3.63) is 72.3 Å². The number of benzene rings is 2. The Balaban J connectivity index is 1.22. The Kier molecular flexibility index (Phi) is 8.79. The summed E-state index contributed by atoms with van der Waals surface area (Å²) in [4.78, 5) is 24.1. The van der Waals surface area contributed by atoms with Crippen LogP contribution in [0.15, 0.2) is 61.2 Å². The number of carbonyl (C=O) groups excluding carboxylic acids is 2. The van der Waals surface area contributed by atoms with Crippen LogP contribution in [-0.4, -0.2) is 24.1 Å². The molecular weight excluding hydrogens is 436 g/mol. The number of hydrogen-bond acceptors (Lipinski definition) is 4. The van der Waals surface area contributed by atoms with Gasteiger partial charge in [0.25, 0.3) is 0 Å². The van der Waals surface area contributed by atoms with Gasteiger partial charge < -0.3 is 9.47 Å². The molecule has 0 radical (unpaired) electrons. The third kappa shape index (κ3) is 6.84.